The van der Waals surface area contributed by atoms with E-state index in [4.69, 9.17) is 4.74 Å². The number of para-hydroxylation sites is 1. The van der Waals surface area contributed by atoms with Crippen molar-refractivity contribution < 1.29 is 19.1 Å². The normalized spacial score (nSPS) is 17.9. The number of carbonyl (C=O) groups is 3. The summed E-state index contributed by atoms with van der Waals surface area (Å²) >= 11 is 0. The zero-order valence-corrected chi connectivity index (χ0v) is 13.8. The molecular formula is C17H22N2O4. The molecule has 1 N–H and O–H groups in total. The van der Waals surface area contributed by atoms with Crippen molar-refractivity contribution in [3.05, 3.63) is 29.8 Å². The van der Waals surface area contributed by atoms with Crippen LogP contribution in [-0.4, -0.2) is 41.9 Å². The number of rotatable bonds is 4. The second-order valence-electron chi connectivity index (χ2n) is 6.66. The second kappa shape index (κ2) is 6.40. The van der Waals surface area contributed by atoms with E-state index in [0.717, 1.165) is 11.3 Å². The lowest BCUT2D eigenvalue weighted by atomic mass is 9.93. The first-order valence-corrected chi connectivity index (χ1v) is 7.54. The number of hydrogen-bond donors (Lipinski definition) is 1. The number of fused-ring (bicyclic) bond motifs is 1. The zero-order chi connectivity index (χ0) is 17.2. The molecule has 2 atom stereocenters. The number of ether oxygens (including phenoxy) is 1. The smallest absolute Gasteiger partial charge is 0.410 e. The molecule has 1 aromatic rings. The fourth-order valence-electron chi connectivity index (χ4n) is 2.53. The SMILES string of the molecule is CN(C(=O)OC(C)(C)C)[C@H](C=O)C[C@H]1C(=O)Nc2ccccc21. The van der Waals surface area contributed by atoms with Crippen molar-refractivity contribution in [2.75, 3.05) is 12.4 Å². The molecule has 0 aromatic heterocycles. The van der Waals surface area contributed by atoms with Crippen molar-refractivity contribution in [3.63, 3.8) is 0 Å². The Labute approximate surface area is 135 Å². The lowest BCUT2D eigenvalue weighted by Crippen LogP contribution is -2.42. The second-order valence-corrected chi connectivity index (χ2v) is 6.66. The van der Waals surface area contributed by atoms with Crippen molar-refractivity contribution >= 4 is 24.0 Å². The zero-order valence-electron chi connectivity index (χ0n) is 13.8. The van der Waals surface area contributed by atoms with E-state index in [1.54, 1.807) is 20.8 Å². The fourth-order valence-corrected chi connectivity index (χ4v) is 2.53. The van der Waals surface area contributed by atoms with Gasteiger partial charge in [0.15, 0.2) is 0 Å². The number of nitrogens with zero attached hydrogens (tertiary/aromatic N) is 1. The topological polar surface area (TPSA) is 75.7 Å². The maximum absolute atomic E-state index is 12.1. The lowest BCUT2D eigenvalue weighted by molar-refractivity contribution is -0.118. The van der Waals surface area contributed by atoms with E-state index in [9.17, 15) is 14.4 Å². The van der Waals surface area contributed by atoms with E-state index in [-0.39, 0.29) is 12.3 Å². The number of nitrogens with one attached hydrogen (secondary N) is 1. The van der Waals surface area contributed by atoms with Crippen molar-refractivity contribution in [3.8, 4) is 0 Å². The maximum Gasteiger partial charge on any atom is 0.410 e. The Morgan fingerprint density at radius 1 is 1.39 bits per heavy atom. The van der Waals surface area contributed by atoms with Crippen LogP contribution in [0, 0.1) is 0 Å². The van der Waals surface area contributed by atoms with E-state index in [1.165, 1.54) is 11.9 Å². The number of anilines is 1. The van der Waals surface area contributed by atoms with Gasteiger partial charge in [0.1, 0.15) is 11.9 Å². The molecule has 0 unspecified atom stereocenters. The average molecular weight is 318 g/mol. The van der Waals surface area contributed by atoms with Crippen LogP contribution < -0.4 is 5.32 Å². The third-order valence-corrected chi connectivity index (χ3v) is 3.72. The number of carbonyl (C=O) groups excluding carboxylic acids is 3. The van der Waals surface area contributed by atoms with E-state index in [0.29, 0.717) is 6.29 Å². The molecule has 1 aromatic carbocycles. The van der Waals surface area contributed by atoms with Gasteiger partial charge in [0.2, 0.25) is 5.91 Å². The molecule has 6 nitrogen and oxygen atoms in total. The molecule has 0 bridgehead atoms. The van der Waals surface area contributed by atoms with Gasteiger partial charge in [0.25, 0.3) is 0 Å². The largest absolute Gasteiger partial charge is 0.444 e. The highest BCUT2D eigenvalue weighted by Gasteiger charge is 2.35. The molecule has 0 spiro atoms. The van der Waals surface area contributed by atoms with E-state index >= 15 is 0 Å². The molecule has 1 aliphatic rings. The molecule has 6 heteroatoms. The first-order valence-electron chi connectivity index (χ1n) is 7.54. The fraction of sp³-hybridized carbons (Fsp3) is 0.471. The van der Waals surface area contributed by atoms with Gasteiger partial charge in [-0.3, -0.25) is 4.79 Å². The molecule has 0 saturated heterocycles. The lowest BCUT2D eigenvalue weighted by Gasteiger charge is -2.28. The van der Waals surface area contributed by atoms with Crippen LogP contribution in [0.5, 0.6) is 0 Å². The van der Waals surface area contributed by atoms with Gasteiger partial charge >= 0.3 is 6.09 Å². The highest BCUT2D eigenvalue weighted by atomic mass is 16.6. The van der Waals surface area contributed by atoms with Crippen LogP contribution in [0.15, 0.2) is 24.3 Å². The van der Waals surface area contributed by atoms with Gasteiger partial charge in [0.05, 0.1) is 12.0 Å². The van der Waals surface area contributed by atoms with E-state index in [1.807, 2.05) is 24.3 Å². The number of benzene rings is 1. The summed E-state index contributed by atoms with van der Waals surface area (Å²) < 4.78 is 5.27. The van der Waals surface area contributed by atoms with Gasteiger partial charge in [0, 0.05) is 12.7 Å². The highest BCUT2D eigenvalue weighted by molar-refractivity contribution is 6.03. The maximum atomic E-state index is 12.1. The highest BCUT2D eigenvalue weighted by Crippen LogP contribution is 2.35. The Hall–Kier alpha value is -2.37. The molecular weight excluding hydrogens is 296 g/mol. The molecule has 124 valence electrons. The van der Waals surface area contributed by atoms with Crippen molar-refractivity contribution in [1.82, 2.24) is 4.90 Å². The van der Waals surface area contributed by atoms with Gasteiger partial charge in [-0.1, -0.05) is 18.2 Å². The van der Waals surface area contributed by atoms with Crippen LogP contribution in [0.1, 0.15) is 38.7 Å². The predicted octanol–water partition coefficient (Wildman–Crippen LogP) is 2.55. The van der Waals surface area contributed by atoms with Gasteiger partial charge in [-0.2, -0.15) is 0 Å². The average Bonchev–Trinajstić information content (AvgIpc) is 2.78. The van der Waals surface area contributed by atoms with Crippen LogP contribution in [-0.2, 0) is 14.3 Å². The minimum atomic E-state index is -0.730. The van der Waals surface area contributed by atoms with Crippen LogP contribution in [0.2, 0.25) is 0 Å². The number of likely N-dealkylation sites (N-methyl/N-ethyl adjacent to an activating group) is 1. The Balaban J connectivity index is 2.12. The Bertz CT molecular complexity index is 621. The first kappa shape index (κ1) is 17.0. The summed E-state index contributed by atoms with van der Waals surface area (Å²) in [6.07, 6.45) is 0.321. The summed E-state index contributed by atoms with van der Waals surface area (Å²) in [6.45, 7) is 5.28. The van der Waals surface area contributed by atoms with Crippen molar-refractivity contribution in [2.24, 2.45) is 0 Å². The van der Waals surface area contributed by atoms with E-state index < -0.39 is 23.7 Å². The number of amides is 2. The molecule has 2 amide bonds. The van der Waals surface area contributed by atoms with Gasteiger partial charge in [-0.15, -0.1) is 0 Å². The monoisotopic (exact) mass is 318 g/mol. The first-order chi connectivity index (χ1) is 10.7. The van der Waals surface area contributed by atoms with E-state index in [2.05, 4.69) is 5.32 Å². The summed E-state index contributed by atoms with van der Waals surface area (Å²) in [7, 11) is 1.51. The minimum Gasteiger partial charge on any atom is -0.444 e. The molecule has 0 saturated carbocycles. The number of aldehydes is 1. The Morgan fingerprint density at radius 2 is 2.04 bits per heavy atom. The quantitative estimate of drug-likeness (QED) is 0.866. The van der Waals surface area contributed by atoms with Gasteiger partial charge in [-0.05, 0) is 38.8 Å². The molecule has 0 aliphatic carbocycles. The third-order valence-electron chi connectivity index (χ3n) is 3.72. The molecule has 2 rings (SSSR count). The standard InChI is InChI=1S/C17H22N2O4/c1-17(2,3)23-16(22)19(4)11(10-20)9-13-12-7-5-6-8-14(12)18-15(13)21/h5-8,10-11,13H,9H2,1-4H3,(H,18,21)/t11-,13+/m0/s1. The van der Waals surface area contributed by atoms with Crippen LogP contribution in [0.3, 0.4) is 0 Å². The molecule has 1 heterocycles. The summed E-state index contributed by atoms with van der Waals surface area (Å²) in [5.41, 5.74) is 0.963. The minimum absolute atomic E-state index is 0.157. The van der Waals surface area contributed by atoms with Crippen molar-refractivity contribution in [1.29, 1.82) is 0 Å². The summed E-state index contributed by atoms with van der Waals surface area (Å²) in [5.74, 6) is -0.609. The van der Waals surface area contributed by atoms with Gasteiger partial charge in [-0.25, -0.2) is 4.79 Å². The van der Waals surface area contributed by atoms with Crippen LogP contribution in [0.25, 0.3) is 0 Å². The van der Waals surface area contributed by atoms with Gasteiger partial charge < -0.3 is 19.7 Å². The molecule has 23 heavy (non-hydrogen) atoms. The summed E-state index contributed by atoms with van der Waals surface area (Å²) in [5, 5.41) is 2.79. The third kappa shape index (κ3) is 3.88. The summed E-state index contributed by atoms with van der Waals surface area (Å²) in [6, 6.07) is 6.63. The molecule has 0 fully saturated rings. The predicted molar refractivity (Wildman–Crippen MR) is 86.3 cm³/mol. The van der Waals surface area contributed by atoms with Crippen molar-refractivity contribution in [2.45, 2.75) is 44.8 Å². The molecule has 0 radical (unpaired) electrons. The van der Waals surface area contributed by atoms with Crippen LogP contribution >= 0.6 is 0 Å². The van der Waals surface area contributed by atoms with Crippen LogP contribution in [0.4, 0.5) is 10.5 Å². The summed E-state index contributed by atoms with van der Waals surface area (Å²) in [4.78, 5) is 36.9. The molecule has 1 aliphatic heterocycles. The Kier molecular flexibility index (Phi) is 4.73. The number of hydrogen-bond acceptors (Lipinski definition) is 4. The Morgan fingerprint density at radius 3 is 2.65 bits per heavy atom.